The minimum atomic E-state index is -0.401. The second kappa shape index (κ2) is 6.38. The Kier molecular flexibility index (Phi) is 4.49. The molecule has 0 aromatic carbocycles. The minimum Gasteiger partial charge on any atom is -0.390 e. The summed E-state index contributed by atoms with van der Waals surface area (Å²) in [6, 6.07) is 0.131. The van der Waals surface area contributed by atoms with Gasteiger partial charge in [0, 0.05) is 32.3 Å². The summed E-state index contributed by atoms with van der Waals surface area (Å²) in [6.45, 7) is 5.28. The second-order valence-electron chi connectivity index (χ2n) is 6.56. The van der Waals surface area contributed by atoms with Crippen LogP contribution in [-0.4, -0.2) is 68.9 Å². The number of hydrogen-bond acceptors (Lipinski definition) is 4. The summed E-state index contributed by atoms with van der Waals surface area (Å²) < 4.78 is 1.84. The average molecular weight is 306 g/mol. The first-order chi connectivity index (χ1) is 10.6. The van der Waals surface area contributed by atoms with Crippen molar-refractivity contribution in [1.82, 2.24) is 19.6 Å². The van der Waals surface area contributed by atoms with Crippen molar-refractivity contribution in [3.8, 4) is 0 Å². The smallest absolute Gasteiger partial charge is 0.223 e. The lowest BCUT2D eigenvalue weighted by Crippen LogP contribution is -2.41. The van der Waals surface area contributed by atoms with Crippen LogP contribution in [0.1, 0.15) is 30.5 Å². The van der Waals surface area contributed by atoms with Gasteiger partial charge in [0.15, 0.2) is 0 Å². The van der Waals surface area contributed by atoms with E-state index in [1.807, 2.05) is 29.7 Å². The Morgan fingerprint density at radius 3 is 2.73 bits per heavy atom. The lowest BCUT2D eigenvalue weighted by Gasteiger charge is -2.25. The predicted octanol–water partition coefficient (Wildman–Crippen LogP) is 0.329. The Bertz CT molecular complexity index is 536. The molecule has 22 heavy (non-hydrogen) atoms. The lowest BCUT2D eigenvalue weighted by molar-refractivity contribution is -0.130. The molecular formula is C16H26N4O2. The van der Waals surface area contributed by atoms with Crippen LogP contribution in [0.25, 0.3) is 0 Å². The highest BCUT2D eigenvalue weighted by atomic mass is 16.3. The van der Waals surface area contributed by atoms with Gasteiger partial charge in [0.1, 0.15) is 0 Å². The van der Waals surface area contributed by atoms with Crippen LogP contribution in [0.3, 0.4) is 0 Å². The highest BCUT2D eigenvalue weighted by molar-refractivity contribution is 5.77. The Hall–Kier alpha value is -1.40. The third-order valence-corrected chi connectivity index (χ3v) is 5.17. The van der Waals surface area contributed by atoms with Gasteiger partial charge in [-0.1, -0.05) is 0 Å². The van der Waals surface area contributed by atoms with E-state index in [9.17, 15) is 9.90 Å². The number of aliphatic hydroxyl groups is 1. The van der Waals surface area contributed by atoms with E-state index < -0.39 is 6.10 Å². The van der Waals surface area contributed by atoms with Crippen molar-refractivity contribution in [1.29, 1.82) is 0 Å². The van der Waals surface area contributed by atoms with E-state index in [4.69, 9.17) is 0 Å². The summed E-state index contributed by atoms with van der Waals surface area (Å²) in [5, 5.41) is 14.5. The summed E-state index contributed by atoms with van der Waals surface area (Å²) in [5.41, 5.74) is 2.25. The molecule has 1 aromatic rings. The van der Waals surface area contributed by atoms with Crippen molar-refractivity contribution in [3.63, 3.8) is 0 Å². The van der Waals surface area contributed by atoms with E-state index in [1.54, 1.807) is 0 Å². The summed E-state index contributed by atoms with van der Waals surface area (Å²) >= 11 is 0. The molecule has 3 heterocycles. The second-order valence-corrected chi connectivity index (χ2v) is 6.56. The van der Waals surface area contributed by atoms with Gasteiger partial charge in [-0.05, 0) is 44.8 Å². The molecule has 2 fully saturated rings. The molecule has 0 unspecified atom stereocenters. The lowest BCUT2D eigenvalue weighted by atomic mass is 10.1. The number of likely N-dealkylation sites (tertiary alicyclic amines) is 2. The van der Waals surface area contributed by atoms with Gasteiger partial charge in [-0.25, -0.2) is 0 Å². The normalized spacial score (nSPS) is 26.0. The quantitative estimate of drug-likeness (QED) is 0.871. The van der Waals surface area contributed by atoms with Crippen LogP contribution in [0.2, 0.25) is 0 Å². The largest absolute Gasteiger partial charge is 0.390 e. The van der Waals surface area contributed by atoms with Crippen LogP contribution in [0.15, 0.2) is 6.20 Å². The molecule has 0 radical (unpaired) electrons. The number of hydrogen-bond donors (Lipinski definition) is 1. The number of aliphatic hydroxyl groups excluding tert-OH is 1. The minimum absolute atomic E-state index is 0.131. The highest BCUT2D eigenvalue weighted by Gasteiger charge is 2.38. The molecule has 6 nitrogen and oxygen atoms in total. The Balaban J connectivity index is 1.53. The molecule has 3 rings (SSSR count). The number of nitrogens with zero attached hydrogens (tertiary/aromatic N) is 4. The molecule has 0 bridgehead atoms. The molecule has 0 spiro atoms. The van der Waals surface area contributed by atoms with E-state index >= 15 is 0 Å². The first kappa shape index (κ1) is 15.5. The number of β-amino-alcohol motifs (C(OH)–C–C–N with tert-alkyl or cyclic N) is 1. The summed E-state index contributed by atoms with van der Waals surface area (Å²) in [6.07, 6.45) is 5.07. The van der Waals surface area contributed by atoms with Crippen LogP contribution in [0.5, 0.6) is 0 Å². The Morgan fingerprint density at radius 2 is 2.09 bits per heavy atom. The molecule has 1 aromatic heterocycles. The number of carbonyl (C=O) groups is 1. The van der Waals surface area contributed by atoms with Gasteiger partial charge < -0.3 is 10.0 Å². The van der Waals surface area contributed by atoms with Gasteiger partial charge in [0.05, 0.1) is 18.3 Å². The first-order valence-electron chi connectivity index (χ1n) is 8.23. The zero-order valence-electron chi connectivity index (χ0n) is 13.5. The fraction of sp³-hybridized carbons (Fsp3) is 0.750. The monoisotopic (exact) mass is 306 g/mol. The molecule has 0 aliphatic carbocycles. The number of rotatable bonds is 4. The van der Waals surface area contributed by atoms with Crippen molar-refractivity contribution in [2.24, 2.45) is 7.05 Å². The van der Waals surface area contributed by atoms with Crippen LogP contribution < -0.4 is 0 Å². The Labute approximate surface area is 131 Å². The number of amides is 1. The fourth-order valence-electron chi connectivity index (χ4n) is 3.59. The SMILES string of the molecule is Cc1c(CCC(=O)N2C[C@@H](O)[C@H](N3CCCC3)C2)cnn1C. The summed E-state index contributed by atoms with van der Waals surface area (Å²) in [4.78, 5) is 16.6. The van der Waals surface area contributed by atoms with Gasteiger partial charge in [-0.3, -0.25) is 14.4 Å². The maximum Gasteiger partial charge on any atom is 0.223 e. The third-order valence-electron chi connectivity index (χ3n) is 5.17. The van der Waals surface area contributed by atoms with Crippen molar-refractivity contribution in [2.45, 2.75) is 44.8 Å². The molecule has 2 aliphatic rings. The molecule has 122 valence electrons. The van der Waals surface area contributed by atoms with Crippen LogP contribution in [0.4, 0.5) is 0 Å². The van der Waals surface area contributed by atoms with Crippen molar-refractivity contribution >= 4 is 5.91 Å². The maximum absolute atomic E-state index is 12.4. The number of aromatic nitrogens is 2. The van der Waals surface area contributed by atoms with E-state index in [-0.39, 0.29) is 11.9 Å². The molecule has 1 amide bonds. The van der Waals surface area contributed by atoms with Crippen molar-refractivity contribution < 1.29 is 9.90 Å². The standard InChI is InChI=1S/C16H26N4O2/c1-12-13(9-17-18(12)2)5-6-16(22)20-10-14(15(21)11-20)19-7-3-4-8-19/h9,14-15,21H,3-8,10-11H2,1-2H3/t14-,15-/m1/s1. The zero-order chi connectivity index (χ0) is 15.7. The maximum atomic E-state index is 12.4. The van der Waals surface area contributed by atoms with E-state index in [1.165, 1.54) is 12.8 Å². The predicted molar refractivity (Wildman–Crippen MR) is 83.4 cm³/mol. The third kappa shape index (κ3) is 3.03. The van der Waals surface area contributed by atoms with Gasteiger partial charge >= 0.3 is 0 Å². The highest BCUT2D eigenvalue weighted by Crippen LogP contribution is 2.22. The molecule has 1 N–H and O–H groups in total. The van der Waals surface area contributed by atoms with E-state index in [2.05, 4.69) is 10.00 Å². The average Bonchev–Trinajstić information content (AvgIpc) is 3.20. The summed E-state index contributed by atoms with van der Waals surface area (Å²) in [5.74, 6) is 0.143. The first-order valence-corrected chi connectivity index (χ1v) is 8.23. The molecule has 2 atom stereocenters. The van der Waals surface area contributed by atoms with Crippen LogP contribution in [-0.2, 0) is 18.3 Å². The van der Waals surface area contributed by atoms with Crippen LogP contribution >= 0.6 is 0 Å². The Morgan fingerprint density at radius 1 is 1.36 bits per heavy atom. The molecule has 2 saturated heterocycles. The summed E-state index contributed by atoms with van der Waals surface area (Å²) in [7, 11) is 1.91. The van der Waals surface area contributed by atoms with Gasteiger partial charge in [0.2, 0.25) is 5.91 Å². The molecular weight excluding hydrogens is 280 g/mol. The van der Waals surface area contributed by atoms with Gasteiger partial charge in [0.25, 0.3) is 0 Å². The van der Waals surface area contributed by atoms with Crippen molar-refractivity contribution in [3.05, 3.63) is 17.5 Å². The molecule has 0 saturated carbocycles. The van der Waals surface area contributed by atoms with Crippen LogP contribution in [0, 0.1) is 6.92 Å². The van der Waals surface area contributed by atoms with E-state index in [0.717, 1.165) is 30.8 Å². The molecule has 6 heteroatoms. The van der Waals surface area contributed by atoms with Crippen molar-refractivity contribution in [2.75, 3.05) is 26.2 Å². The molecule has 2 aliphatic heterocycles. The van der Waals surface area contributed by atoms with Gasteiger partial charge in [-0.15, -0.1) is 0 Å². The topological polar surface area (TPSA) is 61.6 Å². The number of aryl methyl sites for hydroxylation is 2. The zero-order valence-corrected chi connectivity index (χ0v) is 13.5. The fourth-order valence-corrected chi connectivity index (χ4v) is 3.59. The number of carbonyl (C=O) groups excluding carboxylic acids is 1. The van der Waals surface area contributed by atoms with Gasteiger partial charge in [-0.2, -0.15) is 5.10 Å². The van der Waals surface area contributed by atoms with E-state index in [0.29, 0.717) is 19.5 Å².